The van der Waals surface area contributed by atoms with E-state index in [9.17, 15) is 9.59 Å². The molecule has 4 rings (SSSR count). The Bertz CT molecular complexity index is 1180. The number of amides is 1. The standard InChI is InChI=1S/C17H17N7O2/c1-11-20-17-19-9-13-14(24(17)21-11)5-7-23(16(13)26)10-15(25)18-8-12-4-3-6-22(12)2/h3-7,9H,8,10H2,1-2H3,(H,18,25). The Kier molecular flexibility index (Phi) is 3.76. The largest absolute Gasteiger partial charge is 0.353 e. The fourth-order valence-corrected chi connectivity index (χ4v) is 2.86. The van der Waals surface area contributed by atoms with Crippen LogP contribution < -0.4 is 10.9 Å². The zero-order valence-corrected chi connectivity index (χ0v) is 14.4. The first-order valence-corrected chi connectivity index (χ1v) is 8.11. The van der Waals surface area contributed by atoms with Crippen LogP contribution in [0, 0.1) is 6.92 Å². The summed E-state index contributed by atoms with van der Waals surface area (Å²) in [7, 11) is 1.91. The van der Waals surface area contributed by atoms with Crippen molar-refractivity contribution in [3.05, 3.63) is 58.7 Å². The highest BCUT2D eigenvalue weighted by Crippen LogP contribution is 2.10. The molecule has 0 saturated heterocycles. The predicted octanol–water partition coefficient (Wildman–Crippen LogP) is 0.403. The van der Waals surface area contributed by atoms with Crippen LogP contribution in [-0.4, -0.2) is 34.6 Å². The van der Waals surface area contributed by atoms with E-state index in [1.807, 2.05) is 29.9 Å². The number of rotatable bonds is 4. The molecule has 0 spiro atoms. The monoisotopic (exact) mass is 351 g/mol. The fraction of sp³-hybridized carbons (Fsp3) is 0.235. The average molecular weight is 351 g/mol. The maximum Gasteiger partial charge on any atom is 0.262 e. The molecule has 0 aliphatic carbocycles. The SMILES string of the molecule is Cc1nc2ncc3c(=O)n(CC(=O)NCc4cccn4C)ccc3n2n1. The molecule has 0 radical (unpaired) electrons. The smallest absolute Gasteiger partial charge is 0.262 e. The lowest BCUT2D eigenvalue weighted by Gasteiger charge is -2.09. The van der Waals surface area contributed by atoms with E-state index < -0.39 is 0 Å². The van der Waals surface area contributed by atoms with Crippen molar-refractivity contribution in [3.63, 3.8) is 0 Å². The number of nitrogens with one attached hydrogen (secondary N) is 1. The highest BCUT2D eigenvalue weighted by Gasteiger charge is 2.12. The highest BCUT2D eigenvalue weighted by molar-refractivity contribution is 5.80. The first-order valence-electron chi connectivity index (χ1n) is 8.11. The second-order valence-electron chi connectivity index (χ2n) is 6.06. The molecule has 0 aliphatic rings. The zero-order valence-electron chi connectivity index (χ0n) is 14.4. The summed E-state index contributed by atoms with van der Waals surface area (Å²) in [5.74, 6) is 0.778. The number of hydrogen-bond acceptors (Lipinski definition) is 5. The summed E-state index contributed by atoms with van der Waals surface area (Å²) in [6.07, 6.45) is 4.97. The third-order valence-electron chi connectivity index (χ3n) is 4.24. The van der Waals surface area contributed by atoms with Crippen LogP contribution in [0.2, 0.25) is 0 Å². The fourth-order valence-electron chi connectivity index (χ4n) is 2.86. The van der Waals surface area contributed by atoms with Gasteiger partial charge in [0, 0.05) is 31.3 Å². The Morgan fingerprint density at radius 3 is 2.88 bits per heavy atom. The second-order valence-corrected chi connectivity index (χ2v) is 6.06. The van der Waals surface area contributed by atoms with E-state index in [1.165, 1.54) is 15.3 Å². The average Bonchev–Trinajstić information content (AvgIpc) is 3.20. The van der Waals surface area contributed by atoms with Crippen molar-refractivity contribution in [1.29, 1.82) is 0 Å². The van der Waals surface area contributed by atoms with Crippen LogP contribution in [0.1, 0.15) is 11.5 Å². The van der Waals surface area contributed by atoms with Crippen LogP contribution in [0.15, 0.2) is 41.6 Å². The zero-order chi connectivity index (χ0) is 18.3. The lowest BCUT2D eigenvalue weighted by Crippen LogP contribution is -2.32. The quantitative estimate of drug-likeness (QED) is 0.574. The number of carbonyl (C=O) groups excluding carboxylic acids is 1. The van der Waals surface area contributed by atoms with Gasteiger partial charge in [-0.2, -0.15) is 9.50 Å². The maximum absolute atomic E-state index is 12.7. The summed E-state index contributed by atoms with van der Waals surface area (Å²) in [5.41, 5.74) is 1.30. The van der Waals surface area contributed by atoms with Gasteiger partial charge in [-0.05, 0) is 25.1 Å². The van der Waals surface area contributed by atoms with Crippen molar-refractivity contribution in [2.45, 2.75) is 20.0 Å². The summed E-state index contributed by atoms with van der Waals surface area (Å²) in [4.78, 5) is 33.2. The number of pyridine rings is 1. The van der Waals surface area contributed by atoms with Crippen molar-refractivity contribution in [1.82, 2.24) is 34.0 Å². The van der Waals surface area contributed by atoms with Gasteiger partial charge in [-0.25, -0.2) is 4.98 Å². The Balaban J connectivity index is 1.59. The summed E-state index contributed by atoms with van der Waals surface area (Å²) in [6, 6.07) is 5.58. The Hall–Kier alpha value is -3.49. The van der Waals surface area contributed by atoms with E-state index in [-0.39, 0.29) is 18.0 Å². The van der Waals surface area contributed by atoms with E-state index in [0.29, 0.717) is 29.0 Å². The normalized spacial score (nSPS) is 11.3. The third-order valence-corrected chi connectivity index (χ3v) is 4.24. The molecule has 4 aromatic rings. The van der Waals surface area contributed by atoms with Crippen molar-refractivity contribution in [2.75, 3.05) is 0 Å². The topological polar surface area (TPSA) is 99.1 Å². The van der Waals surface area contributed by atoms with E-state index >= 15 is 0 Å². The molecule has 9 nitrogen and oxygen atoms in total. The van der Waals surface area contributed by atoms with Crippen LogP contribution in [0.5, 0.6) is 0 Å². The molecule has 4 aromatic heterocycles. The van der Waals surface area contributed by atoms with Crippen LogP contribution in [0.3, 0.4) is 0 Å². The number of carbonyl (C=O) groups is 1. The molecular weight excluding hydrogens is 334 g/mol. The van der Waals surface area contributed by atoms with Crippen LogP contribution in [0.25, 0.3) is 16.7 Å². The van der Waals surface area contributed by atoms with Crippen molar-refractivity contribution in [2.24, 2.45) is 7.05 Å². The minimum Gasteiger partial charge on any atom is -0.353 e. The summed E-state index contributed by atoms with van der Waals surface area (Å²) in [5, 5.41) is 7.46. The Labute approximate surface area is 147 Å². The van der Waals surface area contributed by atoms with Crippen LogP contribution in [0.4, 0.5) is 0 Å². The van der Waals surface area contributed by atoms with E-state index in [1.54, 1.807) is 19.2 Å². The molecule has 1 N–H and O–H groups in total. The lowest BCUT2D eigenvalue weighted by molar-refractivity contribution is -0.121. The number of hydrogen-bond donors (Lipinski definition) is 1. The minimum absolute atomic E-state index is 0.0619. The van der Waals surface area contributed by atoms with Gasteiger partial charge in [0.1, 0.15) is 12.4 Å². The lowest BCUT2D eigenvalue weighted by atomic mass is 10.3. The number of fused-ring (bicyclic) bond motifs is 3. The molecule has 26 heavy (non-hydrogen) atoms. The number of aromatic nitrogens is 6. The summed E-state index contributed by atoms with van der Waals surface area (Å²) in [6.45, 7) is 2.11. The number of nitrogens with zero attached hydrogens (tertiary/aromatic N) is 6. The molecule has 0 bridgehead atoms. The summed E-state index contributed by atoms with van der Waals surface area (Å²) < 4.78 is 4.82. The minimum atomic E-state index is -0.293. The van der Waals surface area contributed by atoms with E-state index in [0.717, 1.165) is 5.69 Å². The van der Waals surface area contributed by atoms with Crippen molar-refractivity contribution in [3.8, 4) is 0 Å². The van der Waals surface area contributed by atoms with Gasteiger partial charge in [-0.3, -0.25) is 9.59 Å². The third kappa shape index (κ3) is 2.73. The Morgan fingerprint density at radius 2 is 2.12 bits per heavy atom. The molecule has 0 aromatic carbocycles. The second kappa shape index (κ2) is 6.10. The van der Waals surface area contributed by atoms with Gasteiger partial charge >= 0.3 is 0 Å². The van der Waals surface area contributed by atoms with Crippen LogP contribution >= 0.6 is 0 Å². The van der Waals surface area contributed by atoms with Gasteiger partial charge < -0.3 is 14.5 Å². The molecule has 0 fully saturated rings. The van der Waals surface area contributed by atoms with E-state index in [4.69, 9.17) is 0 Å². The first kappa shape index (κ1) is 16.0. The van der Waals surface area contributed by atoms with E-state index in [2.05, 4.69) is 20.4 Å². The molecule has 9 heteroatoms. The summed E-state index contributed by atoms with van der Waals surface area (Å²) >= 11 is 0. The van der Waals surface area contributed by atoms with Gasteiger partial charge in [0.15, 0.2) is 0 Å². The van der Waals surface area contributed by atoms with Crippen molar-refractivity contribution >= 4 is 22.6 Å². The molecule has 0 atom stereocenters. The maximum atomic E-state index is 12.7. The van der Waals surface area contributed by atoms with Gasteiger partial charge in [0.25, 0.3) is 11.3 Å². The molecular formula is C17H17N7O2. The van der Waals surface area contributed by atoms with Gasteiger partial charge in [-0.15, -0.1) is 5.10 Å². The molecule has 1 amide bonds. The molecule has 0 saturated carbocycles. The molecule has 132 valence electrons. The molecule has 0 aliphatic heterocycles. The predicted molar refractivity (Wildman–Crippen MR) is 94.5 cm³/mol. The van der Waals surface area contributed by atoms with Crippen molar-refractivity contribution < 1.29 is 4.79 Å². The van der Waals surface area contributed by atoms with Gasteiger partial charge in [0.05, 0.1) is 17.4 Å². The van der Waals surface area contributed by atoms with Gasteiger partial charge in [0.2, 0.25) is 5.91 Å². The first-order chi connectivity index (χ1) is 12.5. The number of aryl methyl sites for hydroxylation is 2. The van der Waals surface area contributed by atoms with Gasteiger partial charge in [-0.1, -0.05) is 0 Å². The molecule has 4 heterocycles. The molecule has 0 unspecified atom stereocenters. The van der Waals surface area contributed by atoms with Crippen LogP contribution in [-0.2, 0) is 24.9 Å². The highest BCUT2D eigenvalue weighted by atomic mass is 16.2. The Morgan fingerprint density at radius 1 is 1.27 bits per heavy atom.